The van der Waals surface area contributed by atoms with Gasteiger partial charge in [-0.15, -0.1) is 0 Å². The minimum Gasteiger partial charge on any atom is -0.382 e. The van der Waals surface area contributed by atoms with Gasteiger partial charge in [0.15, 0.2) is 0 Å². The number of halogens is 1. The molecule has 0 saturated carbocycles. The molecule has 0 aliphatic rings. The van der Waals surface area contributed by atoms with Crippen LogP contribution in [0.2, 0.25) is 0 Å². The zero-order valence-corrected chi connectivity index (χ0v) is 10.3. The van der Waals surface area contributed by atoms with Crippen LogP contribution in [0.25, 0.3) is 0 Å². The average molecular weight is 245 g/mol. The van der Waals surface area contributed by atoms with Crippen molar-refractivity contribution in [1.29, 1.82) is 0 Å². The van der Waals surface area contributed by atoms with E-state index in [9.17, 15) is 4.39 Å². The molecule has 0 fully saturated rings. The van der Waals surface area contributed by atoms with Crippen LogP contribution in [0.5, 0.6) is 0 Å². The average Bonchev–Trinajstić information content (AvgIpc) is 2.42. The molecule has 2 nitrogen and oxygen atoms in total. The van der Waals surface area contributed by atoms with Crippen LogP contribution in [0.4, 0.5) is 10.1 Å². The van der Waals surface area contributed by atoms with Crippen molar-refractivity contribution in [3.63, 3.8) is 0 Å². The Labute approximate surface area is 106 Å². The van der Waals surface area contributed by atoms with Crippen molar-refractivity contribution in [1.82, 2.24) is 0 Å². The van der Waals surface area contributed by atoms with E-state index in [1.54, 1.807) is 25.3 Å². The second-order valence-electron chi connectivity index (χ2n) is 4.04. The molecule has 0 amide bonds. The molecule has 2 aromatic carbocycles. The van der Waals surface area contributed by atoms with Gasteiger partial charge in [0.1, 0.15) is 5.82 Å². The van der Waals surface area contributed by atoms with E-state index in [0.717, 1.165) is 5.56 Å². The fourth-order valence-corrected chi connectivity index (χ4v) is 1.84. The summed E-state index contributed by atoms with van der Waals surface area (Å²) in [6.45, 7) is 0.484. The van der Waals surface area contributed by atoms with Gasteiger partial charge in [0.05, 0.1) is 18.3 Å². The van der Waals surface area contributed by atoms with Gasteiger partial charge in [0, 0.05) is 7.11 Å². The Balaban J connectivity index is 2.19. The van der Waals surface area contributed by atoms with Crippen LogP contribution in [-0.2, 0) is 4.74 Å². The summed E-state index contributed by atoms with van der Waals surface area (Å²) in [6, 6.07) is 16.5. The number of hydrogen-bond donors (Lipinski definition) is 1. The van der Waals surface area contributed by atoms with Gasteiger partial charge in [-0.05, 0) is 17.7 Å². The van der Waals surface area contributed by atoms with Crippen molar-refractivity contribution < 1.29 is 9.13 Å². The lowest BCUT2D eigenvalue weighted by molar-refractivity contribution is 0.186. The summed E-state index contributed by atoms with van der Waals surface area (Å²) in [4.78, 5) is 0. The number of anilines is 1. The van der Waals surface area contributed by atoms with Crippen molar-refractivity contribution in [3.8, 4) is 0 Å². The molecular formula is C15H16FNO. The fourth-order valence-electron chi connectivity index (χ4n) is 1.84. The van der Waals surface area contributed by atoms with Gasteiger partial charge in [0.25, 0.3) is 0 Å². The first-order chi connectivity index (χ1) is 8.81. The molecule has 0 radical (unpaired) electrons. The highest BCUT2D eigenvalue weighted by atomic mass is 19.1. The van der Waals surface area contributed by atoms with E-state index < -0.39 is 0 Å². The first kappa shape index (κ1) is 12.6. The molecule has 0 aliphatic carbocycles. The molecule has 0 heterocycles. The summed E-state index contributed by atoms with van der Waals surface area (Å²) in [5.74, 6) is -0.255. The largest absolute Gasteiger partial charge is 0.382 e. The summed E-state index contributed by atoms with van der Waals surface area (Å²) in [7, 11) is 1.64. The lowest BCUT2D eigenvalue weighted by Crippen LogP contribution is -2.16. The maximum absolute atomic E-state index is 13.6. The summed E-state index contributed by atoms with van der Waals surface area (Å²) in [5.41, 5.74) is 1.56. The topological polar surface area (TPSA) is 21.3 Å². The summed E-state index contributed by atoms with van der Waals surface area (Å²) < 4.78 is 18.8. The Morgan fingerprint density at radius 1 is 1.06 bits per heavy atom. The molecule has 18 heavy (non-hydrogen) atoms. The molecular weight excluding hydrogens is 229 g/mol. The van der Waals surface area contributed by atoms with Crippen molar-refractivity contribution in [2.24, 2.45) is 0 Å². The van der Waals surface area contributed by atoms with E-state index in [4.69, 9.17) is 4.74 Å². The van der Waals surface area contributed by atoms with Gasteiger partial charge in [0.2, 0.25) is 0 Å². The monoisotopic (exact) mass is 245 g/mol. The van der Waals surface area contributed by atoms with E-state index in [1.165, 1.54) is 6.07 Å². The van der Waals surface area contributed by atoms with Crippen molar-refractivity contribution in [2.45, 2.75) is 6.04 Å². The number of para-hydroxylation sites is 1. The zero-order valence-electron chi connectivity index (χ0n) is 10.3. The lowest BCUT2D eigenvalue weighted by atomic mass is 10.1. The minimum atomic E-state index is -0.255. The van der Waals surface area contributed by atoms with Gasteiger partial charge in [-0.1, -0.05) is 42.5 Å². The van der Waals surface area contributed by atoms with Crippen molar-refractivity contribution >= 4 is 5.69 Å². The summed E-state index contributed by atoms with van der Waals surface area (Å²) >= 11 is 0. The molecule has 0 saturated heterocycles. The molecule has 1 atom stereocenters. The number of hydrogen-bond acceptors (Lipinski definition) is 2. The van der Waals surface area contributed by atoms with Gasteiger partial charge in [-0.3, -0.25) is 0 Å². The maximum atomic E-state index is 13.6. The van der Waals surface area contributed by atoms with Gasteiger partial charge >= 0.3 is 0 Å². The van der Waals surface area contributed by atoms with E-state index in [-0.39, 0.29) is 11.9 Å². The van der Waals surface area contributed by atoms with Crippen LogP contribution in [-0.4, -0.2) is 13.7 Å². The molecule has 0 aliphatic heterocycles. The van der Waals surface area contributed by atoms with E-state index in [1.807, 2.05) is 30.3 Å². The predicted octanol–water partition coefficient (Wildman–Crippen LogP) is 3.63. The molecule has 0 spiro atoms. The number of ether oxygens (including phenoxy) is 1. The summed E-state index contributed by atoms with van der Waals surface area (Å²) in [5, 5.41) is 3.16. The minimum absolute atomic E-state index is 0.0619. The smallest absolute Gasteiger partial charge is 0.146 e. The van der Waals surface area contributed by atoms with Gasteiger partial charge in [-0.25, -0.2) is 4.39 Å². The van der Waals surface area contributed by atoms with Crippen molar-refractivity contribution in [3.05, 3.63) is 66.0 Å². The second kappa shape index (κ2) is 6.17. The standard InChI is InChI=1S/C15H16FNO/c1-18-11-15(12-7-3-2-4-8-12)17-14-10-6-5-9-13(14)16/h2-10,15,17H,11H2,1H3. The number of methoxy groups -OCH3 is 1. The Bertz CT molecular complexity index is 487. The summed E-state index contributed by atoms with van der Waals surface area (Å²) in [6.07, 6.45) is 0. The molecule has 0 bridgehead atoms. The quantitative estimate of drug-likeness (QED) is 0.868. The predicted molar refractivity (Wildman–Crippen MR) is 71.1 cm³/mol. The molecule has 1 N–H and O–H groups in total. The molecule has 1 unspecified atom stereocenters. The fraction of sp³-hybridized carbons (Fsp3) is 0.200. The Kier molecular flexibility index (Phi) is 4.31. The normalized spacial score (nSPS) is 12.1. The Morgan fingerprint density at radius 3 is 2.39 bits per heavy atom. The number of rotatable bonds is 5. The Morgan fingerprint density at radius 2 is 1.72 bits per heavy atom. The van der Waals surface area contributed by atoms with E-state index >= 15 is 0 Å². The lowest BCUT2D eigenvalue weighted by Gasteiger charge is -2.20. The van der Waals surface area contributed by atoms with Crippen LogP contribution in [0.3, 0.4) is 0 Å². The SMILES string of the molecule is COCC(Nc1ccccc1F)c1ccccc1. The zero-order chi connectivity index (χ0) is 12.8. The molecule has 3 heteroatoms. The second-order valence-corrected chi connectivity index (χ2v) is 4.04. The van der Waals surface area contributed by atoms with E-state index in [0.29, 0.717) is 12.3 Å². The third-order valence-corrected chi connectivity index (χ3v) is 2.74. The third-order valence-electron chi connectivity index (χ3n) is 2.74. The highest BCUT2D eigenvalue weighted by molar-refractivity contribution is 5.46. The number of nitrogens with one attached hydrogen (secondary N) is 1. The first-order valence-electron chi connectivity index (χ1n) is 5.86. The molecule has 2 aromatic rings. The Hall–Kier alpha value is -1.87. The van der Waals surface area contributed by atoms with Gasteiger partial charge < -0.3 is 10.1 Å². The molecule has 2 rings (SSSR count). The highest BCUT2D eigenvalue weighted by Gasteiger charge is 2.12. The van der Waals surface area contributed by atoms with Gasteiger partial charge in [-0.2, -0.15) is 0 Å². The van der Waals surface area contributed by atoms with Crippen LogP contribution in [0, 0.1) is 5.82 Å². The van der Waals surface area contributed by atoms with Crippen LogP contribution in [0.15, 0.2) is 54.6 Å². The van der Waals surface area contributed by atoms with E-state index in [2.05, 4.69) is 5.32 Å². The van der Waals surface area contributed by atoms with Crippen LogP contribution in [0.1, 0.15) is 11.6 Å². The van der Waals surface area contributed by atoms with Crippen molar-refractivity contribution in [2.75, 3.05) is 19.0 Å². The maximum Gasteiger partial charge on any atom is 0.146 e. The van der Waals surface area contributed by atoms with Crippen LogP contribution >= 0.6 is 0 Å². The number of benzene rings is 2. The van der Waals surface area contributed by atoms with Crippen LogP contribution < -0.4 is 5.32 Å². The molecule has 94 valence electrons. The first-order valence-corrected chi connectivity index (χ1v) is 5.86. The molecule has 0 aromatic heterocycles. The highest BCUT2D eigenvalue weighted by Crippen LogP contribution is 2.21. The third kappa shape index (κ3) is 3.08.